The Kier molecular flexibility index (Phi) is 2.65. The molecule has 2 rings (SSSR count). The van der Waals surface area contributed by atoms with Gasteiger partial charge in [-0.3, -0.25) is 0 Å². The Morgan fingerprint density at radius 1 is 1.29 bits per heavy atom. The van der Waals surface area contributed by atoms with Crippen molar-refractivity contribution in [1.82, 2.24) is 10.6 Å². The van der Waals surface area contributed by atoms with Crippen molar-refractivity contribution in [1.29, 1.82) is 0 Å². The third-order valence-electron chi connectivity index (χ3n) is 2.35. The molecule has 1 aromatic rings. The molecule has 1 heterocycles. The Balaban J connectivity index is 2.21. The van der Waals surface area contributed by atoms with Crippen molar-refractivity contribution in [2.24, 2.45) is 0 Å². The molecule has 0 amide bonds. The van der Waals surface area contributed by atoms with Crippen molar-refractivity contribution in [3.63, 3.8) is 0 Å². The van der Waals surface area contributed by atoms with Crippen LogP contribution in [0.1, 0.15) is 11.6 Å². The molecule has 76 valence electrons. The second-order valence-corrected chi connectivity index (χ2v) is 3.45. The van der Waals surface area contributed by atoms with Gasteiger partial charge in [0.25, 0.3) is 0 Å². The van der Waals surface area contributed by atoms with E-state index in [0.717, 1.165) is 31.3 Å². The number of nitrogens with one attached hydrogen (secondary N) is 2. The van der Waals surface area contributed by atoms with Gasteiger partial charge in [0.1, 0.15) is 11.6 Å². The summed E-state index contributed by atoms with van der Waals surface area (Å²) in [6.07, 6.45) is 0. The monoisotopic (exact) mass is 196 g/mol. The molecule has 14 heavy (non-hydrogen) atoms. The number of aromatic hydroxyl groups is 1. The average molecular weight is 196 g/mol. The number of hydrogen-bond acceptors (Lipinski definition) is 3. The topological polar surface area (TPSA) is 44.3 Å². The Bertz CT molecular complexity index is 304. The Morgan fingerprint density at radius 2 is 2.14 bits per heavy atom. The maximum absolute atomic E-state index is 13.0. The van der Waals surface area contributed by atoms with Crippen molar-refractivity contribution in [3.05, 3.63) is 29.6 Å². The van der Waals surface area contributed by atoms with E-state index in [0.29, 0.717) is 0 Å². The fourth-order valence-electron chi connectivity index (χ4n) is 1.69. The number of rotatable bonds is 1. The lowest BCUT2D eigenvalue weighted by Gasteiger charge is -2.24. The average Bonchev–Trinajstić information content (AvgIpc) is 2.18. The summed E-state index contributed by atoms with van der Waals surface area (Å²) in [5, 5.41) is 15.7. The zero-order valence-electron chi connectivity index (χ0n) is 7.76. The molecule has 1 aliphatic rings. The van der Waals surface area contributed by atoms with Crippen molar-refractivity contribution >= 4 is 0 Å². The first-order valence-corrected chi connectivity index (χ1v) is 4.69. The van der Waals surface area contributed by atoms with Gasteiger partial charge in [0, 0.05) is 31.7 Å². The van der Waals surface area contributed by atoms with Crippen molar-refractivity contribution in [3.8, 4) is 5.75 Å². The first-order chi connectivity index (χ1) is 6.75. The molecule has 3 N–H and O–H groups in total. The van der Waals surface area contributed by atoms with Crippen LogP contribution in [0.5, 0.6) is 5.75 Å². The summed E-state index contributed by atoms with van der Waals surface area (Å²) in [6, 6.07) is 4.24. The molecule has 0 unspecified atom stereocenters. The summed E-state index contributed by atoms with van der Waals surface area (Å²) < 4.78 is 13.0. The molecule has 1 atom stereocenters. The van der Waals surface area contributed by atoms with Gasteiger partial charge in [-0.15, -0.1) is 0 Å². The molecular formula is C10H13FN2O. The summed E-state index contributed by atoms with van der Waals surface area (Å²) in [6.45, 7) is 2.56. The molecule has 0 bridgehead atoms. The van der Waals surface area contributed by atoms with Crippen LogP contribution in [0.4, 0.5) is 4.39 Å². The van der Waals surface area contributed by atoms with Crippen LogP contribution in [0.3, 0.4) is 0 Å². The molecule has 3 nitrogen and oxygen atoms in total. The van der Waals surface area contributed by atoms with Gasteiger partial charge < -0.3 is 15.7 Å². The highest BCUT2D eigenvalue weighted by molar-refractivity contribution is 5.30. The maximum Gasteiger partial charge on any atom is 0.127 e. The molecule has 1 fully saturated rings. The third-order valence-corrected chi connectivity index (χ3v) is 2.35. The highest BCUT2D eigenvalue weighted by Gasteiger charge is 2.15. The zero-order chi connectivity index (χ0) is 9.97. The number of phenolic OH excluding ortho intramolecular Hbond substituents is 1. The Labute approximate surface area is 81.9 Å². The van der Waals surface area contributed by atoms with Crippen molar-refractivity contribution in [2.75, 3.05) is 19.6 Å². The normalized spacial score (nSPS) is 22.2. The van der Waals surface area contributed by atoms with Gasteiger partial charge in [-0.05, 0) is 17.7 Å². The van der Waals surface area contributed by atoms with E-state index in [1.165, 1.54) is 6.07 Å². The van der Waals surface area contributed by atoms with Crippen LogP contribution >= 0.6 is 0 Å². The van der Waals surface area contributed by atoms with Crippen LogP contribution < -0.4 is 10.6 Å². The molecule has 0 saturated carbocycles. The van der Waals surface area contributed by atoms with Gasteiger partial charge in [-0.2, -0.15) is 0 Å². The second-order valence-electron chi connectivity index (χ2n) is 3.45. The minimum Gasteiger partial charge on any atom is -0.508 e. The van der Waals surface area contributed by atoms with Gasteiger partial charge in [0.15, 0.2) is 0 Å². The van der Waals surface area contributed by atoms with Crippen LogP contribution in [0.2, 0.25) is 0 Å². The van der Waals surface area contributed by atoms with E-state index in [2.05, 4.69) is 10.6 Å². The highest BCUT2D eigenvalue weighted by atomic mass is 19.1. The molecule has 1 saturated heterocycles. The van der Waals surface area contributed by atoms with Crippen molar-refractivity contribution in [2.45, 2.75) is 6.04 Å². The van der Waals surface area contributed by atoms with Crippen LogP contribution in [-0.2, 0) is 0 Å². The summed E-state index contributed by atoms with van der Waals surface area (Å²) in [4.78, 5) is 0. The van der Waals surface area contributed by atoms with E-state index < -0.39 is 5.82 Å². The molecule has 0 aliphatic carbocycles. The van der Waals surface area contributed by atoms with E-state index in [1.807, 2.05) is 0 Å². The fraction of sp³-hybridized carbons (Fsp3) is 0.400. The van der Waals surface area contributed by atoms with Crippen LogP contribution in [0.25, 0.3) is 0 Å². The number of benzene rings is 1. The largest absolute Gasteiger partial charge is 0.508 e. The number of phenols is 1. The highest BCUT2D eigenvalue weighted by Crippen LogP contribution is 2.20. The summed E-state index contributed by atoms with van der Waals surface area (Å²) >= 11 is 0. The first kappa shape index (κ1) is 9.43. The molecule has 0 aromatic heterocycles. The number of hydrogen-bond donors (Lipinski definition) is 3. The Hall–Kier alpha value is -1.13. The van der Waals surface area contributed by atoms with Gasteiger partial charge >= 0.3 is 0 Å². The van der Waals surface area contributed by atoms with Crippen LogP contribution in [0, 0.1) is 5.82 Å². The third kappa shape index (κ3) is 2.02. The SMILES string of the molecule is Oc1cc(F)cc([C@@H]2CNCCN2)c1. The van der Waals surface area contributed by atoms with Gasteiger partial charge in [-0.1, -0.05) is 0 Å². The molecular weight excluding hydrogens is 183 g/mol. The summed E-state index contributed by atoms with van der Waals surface area (Å²) in [7, 11) is 0. The minimum atomic E-state index is -0.396. The number of piperazine rings is 1. The van der Waals surface area contributed by atoms with E-state index in [-0.39, 0.29) is 11.8 Å². The lowest BCUT2D eigenvalue weighted by atomic mass is 10.1. The molecule has 1 aromatic carbocycles. The van der Waals surface area contributed by atoms with E-state index in [4.69, 9.17) is 0 Å². The summed E-state index contributed by atoms with van der Waals surface area (Å²) in [5.74, 6) is -0.417. The second kappa shape index (κ2) is 3.94. The Morgan fingerprint density at radius 3 is 2.79 bits per heavy atom. The van der Waals surface area contributed by atoms with E-state index in [1.54, 1.807) is 6.07 Å². The lowest BCUT2D eigenvalue weighted by Crippen LogP contribution is -2.42. The predicted octanol–water partition coefficient (Wildman–Crippen LogP) is 0.765. The van der Waals surface area contributed by atoms with E-state index >= 15 is 0 Å². The van der Waals surface area contributed by atoms with Crippen LogP contribution in [0.15, 0.2) is 18.2 Å². The quantitative estimate of drug-likeness (QED) is 0.621. The molecule has 0 spiro atoms. The lowest BCUT2D eigenvalue weighted by molar-refractivity contribution is 0.423. The van der Waals surface area contributed by atoms with Gasteiger partial charge in [0.05, 0.1) is 0 Å². The predicted molar refractivity (Wildman–Crippen MR) is 51.7 cm³/mol. The number of halogens is 1. The molecule has 0 radical (unpaired) electrons. The first-order valence-electron chi connectivity index (χ1n) is 4.69. The fourth-order valence-corrected chi connectivity index (χ4v) is 1.69. The van der Waals surface area contributed by atoms with E-state index in [9.17, 15) is 9.50 Å². The molecule has 1 aliphatic heterocycles. The standard InChI is InChI=1S/C10H13FN2O/c11-8-3-7(4-9(14)5-8)10-6-12-1-2-13-10/h3-5,10,12-14H,1-2,6H2/t10-/m0/s1. The maximum atomic E-state index is 13.0. The zero-order valence-corrected chi connectivity index (χ0v) is 7.76. The van der Waals surface area contributed by atoms with Gasteiger partial charge in [-0.25, -0.2) is 4.39 Å². The minimum absolute atomic E-state index is 0.0210. The van der Waals surface area contributed by atoms with Crippen molar-refractivity contribution < 1.29 is 9.50 Å². The van der Waals surface area contributed by atoms with Gasteiger partial charge in [0.2, 0.25) is 0 Å². The molecule has 4 heteroatoms. The smallest absolute Gasteiger partial charge is 0.127 e. The van der Waals surface area contributed by atoms with Crippen LogP contribution in [-0.4, -0.2) is 24.7 Å². The summed E-state index contributed by atoms with van der Waals surface area (Å²) in [5.41, 5.74) is 0.787.